The fraction of sp³-hybridized carbons (Fsp3) is 0.500. The van der Waals surface area contributed by atoms with E-state index in [2.05, 4.69) is 11.8 Å². The number of rotatable bonds is 3. The van der Waals surface area contributed by atoms with Crippen LogP contribution in [0.15, 0.2) is 23.1 Å². The maximum absolute atomic E-state index is 12.7. The van der Waals surface area contributed by atoms with E-state index in [9.17, 15) is 8.42 Å². The van der Waals surface area contributed by atoms with Gasteiger partial charge >= 0.3 is 0 Å². The number of likely N-dealkylation sites (N-methyl/N-ethyl adjacent to an activating group) is 1. The van der Waals surface area contributed by atoms with Crippen molar-refractivity contribution in [3.8, 4) is 6.07 Å². The van der Waals surface area contributed by atoms with Crippen molar-refractivity contribution in [2.45, 2.75) is 24.3 Å². The number of hydrogen-bond acceptors (Lipinski definition) is 4. The Morgan fingerprint density at radius 2 is 2.14 bits per heavy atom. The van der Waals surface area contributed by atoms with Gasteiger partial charge in [-0.25, -0.2) is 8.42 Å². The van der Waals surface area contributed by atoms with E-state index in [-0.39, 0.29) is 21.5 Å². The zero-order chi connectivity index (χ0) is 15.6. The minimum atomic E-state index is -3.56. The largest absolute Gasteiger partial charge is 0.301 e. The number of hydrogen-bond donors (Lipinski definition) is 0. The van der Waals surface area contributed by atoms with Crippen LogP contribution in [0.1, 0.15) is 18.9 Å². The third-order valence-electron chi connectivity index (χ3n) is 3.91. The van der Waals surface area contributed by atoms with Crippen molar-refractivity contribution in [1.29, 1.82) is 5.26 Å². The smallest absolute Gasteiger partial charge is 0.243 e. The summed E-state index contributed by atoms with van der Waals surface area (Å²) in [5.74, 6) is 0. The first-order valence-electron chi connectivity index (χ1n) is 6.80. The summed E-state index contributed by atoms with van der Waals surface area (Å²) in [6.07, 6.45) is 0.899. The molecule has 0 aliphatic carbocycles. The summed E-state index contributed by atoms with van der Waals surface area (Å²) in [4.78, 5) is 2.32. The van der Waals surface area contributed by atoms with Crippen molar-refractivity contribution in [2.75, 3.05) is 26.7 Å². The second-order valence-corrected chi connectivity index (χ2v) is 7.50. The number of benzene rings is 1. The molecule has 1 saturated heterocycles. The topological polar surface area (TPSA) is 64.4 Å². The highest BCUT2D eigenvalue weighted by molar-refractivity contribution is 7.89. The van der Waals surface area contributed by atoms with Gasteiger partial charge in [0.2, 0.25) is 10.0 Å². The van der Waals surface area contributed by atoms with Gasteiger partial charge in [-0.2, -0.15) is 9.57 Å². The average Bonchev–Trinajstić information content (AvgIpc) is 2.47. The van der Waals surface area contributed by atoms with E-state index >= 15 is 0 Å². The van der Waals surface area contributed by atoms with Crippen molar-refractivity contribution in [2.24, 2.45) is 0 Å². The molecule has 1 aliphatic heterocycles. The Morgan fingerprint density at radius 1 is 1.43 bits per heavy atom. The molecular weight excluding hydrogens is 310 g/mol. The molecule has 7 heteroatoms. The monoisotopic (exact) mass is 327 g/mol. The predicted molar refractivity (Wildman–Crippen MR) is 81.6 cm³/mol. The minimum Gasteiger partial charge on any atom is -0.301 e. The maximum atomic E-state index is 12.7. The van der Waals surface area contributed by atoms with Crippen LogP contribution in [0.25, 0.3) is 0 Å². The van der Waals surface area contributed by atoms with Crippen LogP contribution in [0.4, 0.5) is 0 Å². The highest BCUT2D eigenvalue weighted by Crippen LogP contribution is 2.24. The molecule has 1 aliphatic rings. The first-order valence-corrected chi connectivity index (χ1v) is 8.62. The Labute approximate surface area is 130 Å². The van der Waals surface area contributed by atoms with Gasteiger partial charge in [0.1, 0.15) is 6.07 Å². The number of halogens is 1. The molecule has 21 heavy (non-hydrogen) atoms. The van der Waals surface area contributed by atoms with E-state index in [1.807, 2.05) is 13.1 Å². The second kappa shape index (κ2) is 6.32. The summed E-state index contributed by atoms with van der Waals surface area (Å²) < 4.78 is 26.8. The van der Waals surface area contributed by atoms with E-state index in [0.717, 1.165) is 6.42 Å². The van der Waals surface area contributed by atoms with Crippen molar-refractivity contribution >= 4 is 21.6 Å². The molecule has 0 aromatic heterocycles. The Hall–Kier alpha value is -1.13. The minimum absolute atomic E-state index is 0.144. The molecule has 1 aromatic rings. The number of piperazine rings is 1. The fourth-order valence-corrected chi connectivity index (χ4v) is 4.26. The van der Waals surface area contributed by atoms with E-state index in [1.54, 1.807) is 0 Å². The molecule has 1 unspecified atom stereocenters. The molecular formula is C14H18ClN3O2S. The highest BCUT2D eigenvalue weighted by Gasteiger charge is 2.32. The van der Waals surface area contributed by atoms with Crippen LogP contribution in [0.5, 0.6) is 0 Å². The van der Waals surface area contributed by atoms with Crippen molar-refractivity contribution in [3.63, 3.8) is 0 Å². The first kappa shape index (κ1) is 16.2. The molecule has 2 rings (SSSR count). The Kier molecular flexibility index (Phi) is 4.89. The van der Waals surface area contributed by atoms with Crippen molar-refractivity contribution in [3.05, 3.63) is 28.8 Å². The summed E-state index contributed by atoms with van der Waals surface area (Å²) in [6, 6.07) is 6.40. The highest BCUT2D eigenvalue weighted by atomic mass is 35.5. The van der Waals surface area contributed by atoms with Gasteiger partial charge < -0.3 is 4.90 Å². The van der Waals surface area contributed by atoms with Crippen LogP contribution in [0.2, 0.25) is 5.02 Å². The van der Waals surface area contributed by atoms with Crippen LogP contribution in [0, 0.1) is 11.3 Å². The summed E-state index contributed by atoms with van der Waals surface area (Å²) in [6.45, 7) is 3.71. The molecule has 0 amide bonds. The van der Waals surface area contributed by atoms with Gasteiger partial charge in [-0.1, -0.05) is 18.5 Å². The second-order valence-electron chi connectivity index (χ2n) is 5.16. The third-order valence-corrected chi connectivity index (χ3v) is 6.08. The van der Waals surface area contributed by atoms with Gasteiger partial charge in [0.25, 0.3) is 0 Å². The molecule has 0 spiro atoms. The molecule has 114 valence electrons. The van der Waals surface area contributed by atoms with Crippen molar-refractivity contribution < 1.29 is 8.42 Å². The SMILES string of the molecule is CCC1CN(S(=O)(=O)c2ccc(C#N)c(Cl)c2)CCN1C. The number of nitrogens with zero attached hydrogens (tertiary/aromatic N) is 3. The maximum Gasteiger partial charge on any atom is 0.243 e. The van der Waals surface area contributed by atoms with Gasteiger partial charge in [0.05, 0.1) is 15.5 Å². The fourth-order valence-electron chi connectivity index (χ4n) is 2.47. The molecule has 0 N–H and O–H groups in total. The molecule has 5 nitrogen and oxygen atoms in total. The number of sulfonamides is 1. The van der Waals surface area contributed by atoms with E-state index < -0.39 is 10.0 Å². The van der Waals surface area contributed by atoms with Gasteiger partial charge in [-0.05, 0) is 31.7 Å². The van der Waals surface area contributed by atoms with Gasteiger partial charge in [-0.15, -0.1) is 0 Å². The third kappa shape index (κ3) is 3.22. The van der Waals surface area contributed by atoms with E-state index in [4.69, 9.17) is 16.9 Å². The molecule has 1 atom stereocenters. The Morgan fingerprint density at radius 3 is 2.71 bits per heavy atom. The summed E-state index contributed by atoms with van der Waals surface area (Å²) >= 11 is 5.94. The van der Waals surface area contributed by atoms with Gasteiger partial charge in [-0.3, -0.25) is 0 Å². The normalized spacial score (nSPS) is 21.1. The zero-order valence-corrected chi connectivity index (χ0v) is 13.7. The lowest BCUT2D eigenvalue weighted by Crippen LogP contribution is -2.52. The van der Waals surface area contributed by atoms with Crippen LogP contribution in [-0.4, -0.2) is 50.3 Å². The standard InChI is InChI=1S/C14H18ClN3O2S/c1-3-12-10-18(7-6-17(12)2)21(19,20)13-5-4-11(9-16)14(15)8-13/h4-5,8,12H,3,6-7,10H2,1-2H3. The predicted octanol–water partition coefficient (Wildman–Crippen LogP) is 1.93. The molecule has 0 radical (unpaired) electrons. The Bertz CT molecular complexity index is 669. The Balaban J connectivity index is 2.30. The van der Waals surface area contributed by atoms with E-state index in [0.29, 0.717) is 19.6 Å². The molecule has 1 fully saturated rings. The zero-order valence-electron chi connectivity index (χ0n) is 12.1. The lowest BCUT2D eigenvalue weighted by atomic mass is 10.1. The average molecular weight is 328 g/mol. The van der Waals surface area contributed by atoms with Crippen LogP contribution < -0.4 is 0 Å². The van der Waals surface area contributed by atoms with Crippen molar-refractivity contribution in [1.82, 2.24) is 9.21 Å². The van der Waals surface area contributed by atoms with Crippen LogP contribution in [-0.2, 0) is 10.0 Å². The van der Waals surface area contributed by atoms with Crippen LogP contribution >= 0.6 is 11.6 Å². The first-order chi connectivity index (χ1) is 9.90. The molecule has 1 heterocycles. The summed E-state index contributed by atoms with van der Waals surface area (Å²) in [5.41, 5.74) is 0.278. The molecule has 0 saturated carbocycles. The van der Waals surface area contributed by atoms with Crippen LogP contribution in [0.3, 0.4) is 0 Å². The van der Waals surface area contributed by atoms with Gasteiger partial charge in [0, 0.05) is 25.7 Å². The lowest BCUT2D eigenvalue weighted by Gasteiger charge is -2.38. The lowest BCUT2D eigenvalue weighted by molar-refractivity contribution is 0.144. The molecule has 0 bridgehead atoms. The number of nitriles is 1. The van der Waals surface area contributed by atoms with Gasteiger partial charge in [0.15, 0.2) is 0 Å². The summed E-state index contributed by atoms with van der Waals surface area (Å²) in [7, 11) is -1.55. The molecule has 1 aromatic carbocycles. The quantitative estimate of drug-likeness (QED) is 0.851. The summed E-state index contributed by atoms with van der Waals surface area (Å²) in [5, 5.41) is 9.02. The van der Waals surface area contributed by atoms with E-state index in [1.165, 1.54) is 22.5 Å².